The van der Waals surface area contributed by atoms with Crippen molar-refractivity contribution in [2.75, 3.05) is 46.3 Å². The predicted molar refractivity (Wildman–Crippen MR) is 83.9 cm³/mol. The summed E-state index contributed by atoms with van der Waals surface area (Å²) in [5.41, 5.74) is -0.411. The number of piperazine rings is 1. The van der Waals surface area contributed by atoms with Crippen LogP contribution in [0.3, 0.4) is 0 Å². The summed E-state index contributed by atoms with van der Waals surface area (Å²) in [6, 6.07) is 0.558. The minimum absolute atomic E-state index is 0.145. The van der Waals surface area contributed by atoms with E-state index in [-0.39, 0.29) is 5.91 Å². The minimum atomic E-state index is -0.411. The summed E-state index contributed by atoms with van der Waals surface area (Å²) in [7, 11) is 2.12. The van der Waals surface area contributed by atoms with Crippen molar-refractivity contribution in [2.24, 2.45) is 0 Å². The Labute approximate surface area is 124 Å². The van der Waals surface area contributed by atoms with Gasteiger partial charge >= 0.3 is 0 Å². The van der Waals surface area contributed by atoms with E-state index in [9.17, 15) is 4.79 Å². The maximum absolute atomic E-state index is 12.4. The SMILES string of the molecule is CC(C)N(C)CCCNC(=O)C(C)(C)N1CCNCC1. The van der Waals surface area contributed by atoms with Gasteiger partial charge in [0.25, 0.3) is 0 Å². The van der Waals surface area contributed by atoms with Crippen LogP contribution in [0.2, 0.25) is 0 Å². The molecular weight excluding hydrogens is 252 g/mol. The van der Waals surface area contributed by atoms with Crippen LogP contribution in [0.25, 0.3) is 0 Å². The van der Waals surface area contributed by atoms with Gasteiger partial charge in [-0.1, -0.05) is 0 Å². The first kappa shape index (κ1) is 17.4. The van der Waals surface area contributed by atoms with Crippen LogP contribution in [0.5, 0.6) is 0 Å². The van der Waals surface area contributed by atoms with Crippen LogP contribution in [0.15, 0.2) is 0 Å². The molecule has 5 nitrogen and oxygen atoms in total. The second-order valence-corrected chi connectivity index (χ2v) is 6.48. The second-order valence-electron chi connectivity index (χ2n) is 6.48. The lowest BCUT2D eigenvalue weighted by Gasteiger charge is -2.39. The van der Waals surface area contributed by atoms with Gasteiger partial charge in [0.05, 0.1) is 5.54 Å². The Kier molecular flexibility index (Phi) is 6.92. The fourth-order valence-electron chi connectivity index (χ4n) is 2.37. The zero-order valence-electron chi connectivity index (χ0n) is 13.8. The van der Waals surface area contributed by atoms with Gasteiger partial charge in [0.15, 0.2) is 0 Å². The van der Waals surface area contributed by atoms with Crippen LogP contribution in [0.1, 0.15) is 34.1 Å². The molecule has 1 saturated heterocycles. The van der Waals surface area contributed by atoms with Crippen LogP contribution < -0.4 is 10.6 Å². The summed E-state index contributed by atoms with van der Waals surface area (Å²) in [6.45, 7) is 14.0. The van der Waals surface area contributed by atoms with Crippen molar-refractivity contribution in [3.8, 4) is 0 Å². The largest absolute Gasteiger partial charge is 0.354 e. The predicted octanol–water partition coefficient (Wildman–Crippen LogP) is 0.517. The van der Waals surface area contributed by atoms with Gasteiger partial charge in [-0.15, -0.1) is 0 Å². The Morgan fingerprint density at radius 2 is 1.95 bits per heavy atom. The number of carbonyl (C=O) groups excluding carboxylic acids is 1. The van der Waals surface area contributed by atoms with E-state index in [1.807, 2.05) is 13.8 Å². The highest BCUT2D eigenvalue weighted by Crippen LogP contribution is 2.15. The molecular formula is C15H32N4O. The average Bonchev–Trinajstić information content (AvgIpc) is 2.43. The van der Waals surface area contributed by atoms with E-state index in [1.165, 1.54) is 0 Å². The molecule has 1 aliphatic rings. The van der Waals surface area contributed by atoms with E-state index in [0.29, 0.717) is 6.04 Å². The maximum atomic E-state index is 12.4. The summed E-state index contributed by atoms with van der Waals surface area (Å²) in [5, 5.41) is 6.41. The highest BCUT2D eigenvalue weighted by molar-refractivity contribution is 5.85. The van der Waals surface area contributed by atoms with Crippen LogP contribution in [0, 0.1) is 0 Å². The van der Waals surface area contributed by atoms with Crippen molar-refractivity contribution < 1.29 is 4.79 Å². The fraction of sp³-hybridized carbons (Fsp3) is 0.933. The van der Waals surface area contributed by atoms with E-state index >= 15 is 0 Å². The van der Waals surface area contributed by atoms with Crippen molar-refractivity contribution in [2.45, 2.75) is 45.7 Å². The first-order valence-corrected chi connectivity index (χ1v) is 7.80. The smallest absolute Gasteiger partial charge is 0.239 e. The van der Waals surface area contributed by atoms with Crippen LogP contribution in [0.4, 0.5) is 0 Å². The Hall–Kier alpha value is -0.650. The third-order valence-electron chi connectivity index (χ3n) is 4.32. The van der Waals surface area contributed by atoms with Gasteiger partial charge in [-0.2, -0.15) is 0 Å². The number of hydrogen-bond acceptors (Lipinski definition) is 4. The van der Waals surface area contributed by atoms with Gasteiger partial charge in [-0.05, 0) is 47.7 Å². The van der Waals surface area contributed by atoms with Crippen molar-refractivity contribution in [3.05, 3.63) is 0 Å². The van der Waals surface area contributed by atoms with Crippen molar-refractivity contribution >= 4 is 5.91 Å². The Morgan fingerprint density at radius 1 is 1.35 bits per heavy atom. The molecule has 0 bridgehead atoms. The molecule has 0 aliphatic carbocycles. The third-order valence-corrected chi connectivity index (χ3v) is 4.32. The van der Waals surface area contributed by atoms with Crippen molar-refractivity contribution in [3.63, 3.8) is 0 Å². The number of carbonyl (C=O) groups is 1. The highest BCUT2D eigenvalue weighted by Gasteiger charge is 2.34. The molecule has 0 aromatic carbocycles. The molecule has 0 aromatic rings. The molecule has 0 aromatic heterocycles. The fourth-order valence-corrected chi connectivity index (χ4v) is 2.37. The molecule has 1 heterocycles. The van der Waals surface area contributed by atoms with E-state index in [0.717, 1.165) is 45.7 Å². The van der Waals surface area contributed by atoms with E-state index in [2.05, 4.69) is 41.3 Å². The summed E-state index contributed by atoms with van der Waals surface area (Å²) in [5.74, 6) is 0.145. The molecule has 1 fully saturated rings. The van der Waals surface area contributed by atoms with Crippen molar-refractivity contribution in [1.29, 1.82) is 0 Å². The highest BCUT2D eigenvalue weighted by atomic mass is 16.2. The average molecular weight is 284 g/mol. The van der Waals surface area contributed by atoms with Crippen molar-refractivity contribution in [1.82, 2.24) is 20.4 Å². The molecule has 0 radical (unpaired) electrons. The standard InChI is InChI=1S/C15H32N4O/c1-13(2)18(5)10-6-7-17-14(20)15(3,4)19-11-8-16-9-12-19/h13,16H,6-12H2,1-5H3,(H,17,20). The third kappa shape index (κ3) is 5.04. The van der Waals surface area contributed by atoms with Gasteiger partial charge in [0, 0.05) is 38.8 Å². The topological polar surface area (TPSA) is 47.6 Å². The molecule has 0 saturated carbocycles. The van der Waals surface area contributed by atoms with E-state index in [4.69, 9.17) is 0 Å². The Bertz CT molecular complexity index is 298. The summed E-state index contributed by atoms with van der Waals surface area (Å²) >= 11 is 0. The van der Waals surface area contributed by atoms with Gasteiger partial charge in [-0.3, -0.25) is 9.69 Å². The lowest BCUT2D eigenvalue weighted by molar-refractivity contribution is -0.132. The summed E-state index contributed by atoms with van der Waals surface area (Å²) in [4.78, 5) is 16.9. The quantitative estimate of drug-likeness (QED) is 0.669. The number of amides is 1. The number of nitrogens with one attached hydrogen (secondary N) is 2. The van der Waals surface area contributed by atoms with E-state index < -0.39 is 5.54 Å². The lowest BCUT2D eigenvalue weighted by atomic mass is 10.0. The molecule has 1 rings (SSSR count). The Morgan fingerprint density at radius 3 is 2.50 bits per heavy atom. The summed E-state index contributed by atoms with van der Waals surface area (Å²) < 4.78 is 0. The molecule has 1 aliphatic heterocycles. The number of hydrogen-bond donors (Lipinski definition) is 2. The molecule has 0 unspecified atom stereocenters. The number of rotatable bonds is 7. The van der Waals surface area contributed by atoms with Gasteiger partial charge in [0.2, 0.25) is 5.91 Å². The normalized spacial score (nSPS) is 17.8. The molecule has 5 heteroatoms. The lowest BCUT2D eigenvalue weighted by Crippen LogP contribution is -2.60. The minimum Gasteiger partial charge on any atom is -0.354 e. The molecule has 1 amide bonds. The summed E-state index contributed by atoms with van der Waals surface area (Å²) in [6.07, 6.45) is 0.998. The van der Waals surface area contributed by atoms with Gasteiger partial charge in [0.1, 0.15) is 0 Å². The monoisotopic (exact) mass is 284 g/mol. The zero-order valence-corrected chi connectivity index (χ0v) is 13.8. The Balaban J connectivity index is 2.30. The zero-order chi connectivity index (χ0) is 15.2. The van der Waals surface area contributed by atoms with Crippen LogP contribution in [-0.2, 0) is 4.79 Å². The van der Waals surface area contributed by atoms with Crippen LogP contribution >= 0.6 is 0 Å². The van der Waals surface area contributed by atoms with Gasteiger partial charge < -0.3 is 15.5 Å². The number of nitrogens with zero attached hydrogens (tertiary/aromatic N) is 2. The first-order valence-electron chi connectivity index (χ1n) is 7.80. The molecule has 2 N–H and O–H groups in total. The molecule has 118 valence electrons. The second kappa shape index (κ2) is 7.96. The van der Waals surface area contributed by atoms with E-state index in [1.54, 1.807) is 0 Å². The molecule has 20 heavy (non-hydrogen) atoms. The maximum Gasteiger partial charge on any atom is 0.239 e. The molecule has 0 spiro atoms. The van der Waals surface area contributed by atoms with Crippen LogP contribution in [-0.4, -0.2) is 73.6 Å². The van der Waals surface area contributed by atoms with Gasteiger partial charge in [-0.25, -0.2) is 0 Å². The first-order chi connectivity index (χ1) is 9.35. The molecule has 0 atom stereocenters.